The van der Waals surface area contributed by atoms with Gasteiger partial charge in [-0.05, 0) is 37.6 Å². The van der Waals surface area contributed by atoms with Crippen LogP contribution in [0.3, 0.4) is 0 Å². The number of benzene rings is 2. The van der Waals surface area contributed by atoms with Crippen LogP contribution in [-0.2, 0) is 9.59 Å². The van der Waals surface area contributed by atoms with Gasteiger partial charge in [-0.2, -0.15) is 0 Å². The molecule has 3 rings (SSSR count). The fourth-order valence-electron chi connectivity index (χ4n) is 4.00. The molecule has 31 heavy (non-hydrogen) atoms. The number of anilines is 1. The minimum absolute atomic E-state index is 0.119. The number of rotatable bonds is 8. The molecule has 2 aromatic carbocycles. The van der Waals surface area contributed by atoms with E-state index in [2.05, 4.69) is 15.1 Å². The zero-order valence-electron chi connectivity index (χ0n) is 18.3. The highest BCUT2D eigenvalue weighted by Crippen LogP contribution is 2.25. The summed E-state index contributed by atoms with van der Waals surface area (Å²) in [6.45, 7) is 8.36. The van der Waals surface area contributed by atoms with Crippen molar-refractivity contribution in [2.75, 3.05) is 51.1 Å². The third-order valence-electron chi connectivity index (χ3n) is 5.67. The molecule has 1 aliphatic heterocycles. The minimum atomic E-state index is -0.378. The van der Waals surface area contributed by atoms with Crippen molar-refractivity contribution in [3.05, 3.63) is 66.0 Å². The molecule has 1 atom stereocenters. The monoisotopic (exact) mass is 426 g/mol. The summed E-state index contributed by atoms with van der Waals surface area (Å²) in [6, 6.07) is 15.5. The molecular formula is C24H31FN4O2. The number of piperazine rings is 1. The van der Waals surface area contributed by atoms with Gasteiger partial charge in [0, 0.05) is 45.0 Å². The average molecular weight is 427 g/mol. The van der Waals surface area contributed by atoms with Crippen LogP contribution in [-0.4, -0.2) is 72.3 Å². The predicted octanol–water partition coefficient (Wildman–Crippen LogP) is 2.99. The summed E-state index contributed by atoms with van der Waals surface area (Å²) >= 11 is 0. The SMILES string of the molecule is CCN(CC)C(=O)[C@H](c1ccccc1)N1CCN(CC(=O)Nc2cccc(F)c2)CC1. The van der Waals surface area contributed by atoms with E-state index in [1.807, 2.05) is 49.1 Å². The molecule has 0 aromatic heterocycles. The first-order valence-electron chi connectivity index (χ1n) is 10.9. The Bertz CT molecular complexity index is 865. The molecule has 1 N–H and O–H groups in total. The molecule has 6 nitrogen and oxygen atoms in total. The number of halogens is 1. The predicted molar refractivity (Wildman–Crippen MR) is 120 cm³/mol. The van der Waals surface area contributed by atoms with Gasteiger partial charge in [0.05, 0.1) is 6.54 Å². The Morgan fingerprint density at radius 2 is 1.68 bits per heavy atom. The van der Waals surface area contributed by atoms with Gasteiger partial charge in [-0.3, -0.25) is 19.4 Å². The third kappa shape index (κ3) is 6.12. The van der Waals surface area contributed by atoms with E-state index in [9.17, 15) is 14.0 Å². The molecule has 1 saturated heterocycles. The normalized spacial score (nSPS) is 16.0. The molecule has 2 amide bonds. The molecule has 2 aromatic rings. The summed E-state index contributed by atoms with van der Waals surface area (Å²) in [6.07, 6.45) is 0. The summed E-state index contributed by atoms with van der Waals surface area (Å²) in [5.41, 5.74) is 1.45. The van der Waals surface area contributed by atoms with Crippen LogP contribution in [0.5, 0.6) is 0 Å². The van der Waals surface area contributed by atoms with Crippen LogP contribution in [0.2, 0.25) is 0 Å². The largest absolute Gasteiger partial charge is 0.342 e. The zero-order chi connectivity index (χ0) is 22.2. The molecule has 0 saturated carbocycles. The summed E-state index contributed by atoms with van der Waals surface area (Å²) in [4.78, 5) is 31.8. The molecule has 0 spiro atoms. The van der Waals surface area contributed by atoms with Gasteiger partial charge in [0.2, 0.25) is 11.8 Å². The van der Waals surface area contributed by atoms with Gasteiger partial charge < -0.3 is 10.2 Å². The number of nitrogens with one attached hydrogen (secondary N) is 1. The van der Waals surface area contributed by atoms with E-state index in [1.165, 1.54) is 12.1 Å². The lowest BCUT2D eigenvalue weighted by Crippen LogP contribution is -2.52. The highest BCUT2D eigenvalue weighted by molar-refractivity contribution is 5.92. The van der Waals surface area contributed by atoms with E-state index in [1.54, 1.807) is 12.1 Å². The van der Waals surface area contributed by atoms with Gasteiger partial charge >= 0.3 is 0 Å². The standard InChI is InChI=1S/C24H31FN4O2/c1-3-28(4-2)24(31)23(19-9-6-5-7-10-19)29-15-13-27(14-16-29)18-22(30)26-21-12-8-11-20(25)17-21/h5-12,17,23H,3-4,13-16,18H2,1-2H3,(H,26,30)/t23-/m0/s1. The number of likely N-dealkylation sites (N-methyl/N-ethyl adjacent to an activating group) is 1. The second-order valence-electron chi connectivity index (χ2n) is 7.69. The molecule has 0 radical (unpaired) electrons. The maximum atomic E-state index is 13.3. The second-order valence-corrected chi connectivity index (χ2v) is 7.69. The summed E-state index contributed by atoms with van der Waals surface area (Å²) in [7, 11) is 0. The van der Waals surface area contributed by atoms with Crippen LogP contribution in [0.15, 0.2) is 54.6 Å². The molecule has 166 valence electrons. The maximum absolute atomic E-state index is 13.3. The van der Waals surface area contributed by atoms with E-state index >= 15 is 0 Å². The first-order chi connectivity index (χ1) is 15.0. The maximum Gasteiger partial charge on any atom is 0.244 e. The lowest BCUT2D eigenvalue weighted by molar-refractivity contribution is -0.138. The van der Waals surface area contributed by atoms with Gasteiger partial charge in [-0.1, -0.05) is 36.4 Å². The fraction of sp³-hybridized carbons (Fsp3) is 0.417. The summed E-state index contributed by atoms with van der Waals surface area (Å²) < 4.78 is 13.3. The van der Waals surface area contributed by atoms with Gasteiger partial charge in [-0.25, -0.2) is 4.39 Å². The van der Waals surface area contributed by atoms with E-state index < -0.39 is 0 Å². The topological polar surface area (TPSA) is 55.9 Å². The van der Waals surface area contributed by atoms with E-state index in [4.69, 9.17) is 0 Å². The number of hydrogen-bond donors (Lipinski definition) is 1. The van der Waals surface area contributed by atoms with Crippen LogP contribution in [0.4, 0.5) is 10.1 Å². The van der Waals surface area contributed by atoms with Crippen LogP contribution in [0.25, 0.3) is 0 Å². The van der Waals surface area contributed by atoms with Gasteiger partial charge in [0.25, 0.3) is 0 Å². The van der Waals surface area contributed by atoms with Crippen molar-refractivity contribution >= 4 is 17.5 Å². The Hall–Kier alpha value is -2.77. The highest BCUT2D eigenvalue weighted by atomic mass is 19.1. The lowest BCUT2D eigenvalue weighted by atomic mass is 10.0. The van der Waals surface area contributed by atoms with Gasteiger partial charge in [0.1, 0.15) is 11.9 Å². The molecular weight excluding hydrogens is 395 g/mol. The molecule has 1 aliphatic rings. The number of carbonyl (C=O) groups is 2. The van der Waals surface area contributed by atoms with Crippen molar-refractivity contribution in [1.29, 1.82) is 0 Å². The smallest absolute Gasteiger partial charge is 0.244 e. The average Bonchev–Trinajstić information content (AvgIpc) is 2.77. The fourth-order valence-corrected chi connectivity index (χ4v) is 4.00. The van der Waals surface area contributed by atoms with E-state index in [0.717, 1.165) is 5.56 Å². The van der Waals surface area contributed by atoms with Gasteiger partial charge in [0.15, 0.2) is 0 Å². The quantitative estimate of drug-likeness (QED) is 0.705. The Morgan fingerprint density at radius 3 is 2.29 bits per heavy atom. The number of amides is 2. The number of nitrogens with zero attached hydrogens (tertiary/aromatic N) is 3. The molecule has 0 aliphatic carbocycles. The Morgan fingerprint density at radius 1 is 1.00 bits per heavy atom. The van der Waals surface area contributed by atoms with Gasteiger partial charge in [-0.15, -0.1) is 0 Å². The first-order valence-corrected chi connectivity index (χ1v) is 10.9. The lowest BCUT2D eigenvalue weighted by Gasteiger charge is -2.40. The summed E-state index contributed by atoms with van der Waals surface area (Å²) in [5, 5.41) is 2.74. The van der Waals surface area contributed by atoms with Crippen molar-refractivity contribution < 1.29 is 14.0 Å². The molecule has 1 heterocycles. The van der Waals surface area contributed by atoms with Crippen molar-refractivity contribution in [3.8, 4) is 0 Å². The minimum Gasteiger partial charge on any atom is -0.342 e. The second kappa shape index (κ2) is 11.0. The Labute approximate surface area is 183 Å². The molecule has 7 heteroatoms. The zero-order valence-corrected chi connectivity index (χ0v) is 18.3. The Kier molecular flexibility index (Phi) is 8.14. The third-order valence-corrected chi connectivity index (χ3v) is 5.67. The summed E-state index contributed by atoms with van der Waals surface area (Å²) in [5.74, 6) is -0.428. The molecule has 1 fully saturated rings. The first kappa shape index (κ1) is 22.9. The van der Waals surface area contributed by atoms with Crippen LogP contribution in [0, 0.1) is 5.82 Å². The van der Waals surface area contributed by atoms with Crippen LogP contribution in [0.1, 0.15) is 25.5 Å². The van der Waals surface area contributed by atoms with Crippen LogP contribution < -0.4 is 5.32 Å². The van der Waals surface area contributed by atoms with Crippen LogP contribution >= 0.6 is 0 Å². The molecule has 0 bridgehead atoms. The van der Waals surface area contributed by atoms with Crippen molar-refractivity contribution in [2.24, 2.45) is 0 Å². The van der Waals surface area contributed by atoms with Crippen molar-refractivity contribution in [3.63, 3.8) is 0 Å². The Balaban J connectivity index is 1.61. The van der Waals surface area contributed by atoms with Crippen molar-refractivity contribution in [2.45, 2.75) is 19.9 Å². The van der Waals surface area contributed by atoms with E-state index in [0.29, 0.717) is 45.0 Å². The number of carbonyl (C=O) groups excluding carboxylic acids is 2. The number of hydrogen-bond acceptors (Lipinski definition) is 4. The van der Waals surface area contributed by atoms with E-state index in [-0.39, 0.29) is 30.2 Å². The highest BCUT2D eigenvalue weighted by Gasteiger charge is 2.32. The van der Waals surface area contributed by atoms with Crippen molar-refractivity contribution in [1.82, 2.24) is 14.7 Å². The molecule has 0 unspecified atom stereocenters.